The highest BCUT2D eigenvalue weighted by molar-refractivity contribution is 9.11. The van der Waals surface area contributed by atoms with Crippen LogP contribution in [0.25, 0.3) is 0 Å². The van der Waals surface area contributed by atoms with E-state index in [1.807, 2.05) is 6.92 Å². The van der Waals surface area contributed by atoms with Gasteiger partial charge in [-0.05, 0) is 41.4 Å². The predicted octanol–water partition coefficient (Wildman–Crippen LogP) is 3.13. The molecule has 0 amide bonds. The second kappa shape index (κ2) is 5.55. The fourth-order valence-corrected chi connectivity index (χ4v) is 5.58. The van der Waals surface area contributed by atoms with Crippen molar-refractivity contribution in [2.45, 2.75) is 18.2 Å². The minimum atomic E-state index is -3.57. The number of hydrogen-bond acceptors (Lipinski definition) is 3. The van der Waals surface area contributed by atoms with E-state index in [1.54, 1.807) is 12.1 Å². The Morgan fingerprint density at radius 3 is 2.58 bits per heavy atom. The van der Waals surface area contributed by atoms with Crippen molar-refractivity contribution in [2.75, 3.05) is 18.8 Å². The van der Waals surface area contributed by atoms with Gasteiger partial charge < -0.3 is 5.73 Å². The molecule has 104 valence electrons. The fourth-order valence-electron chi connectivity index (χ4n) is 2.06. The van der Waals surface area contributed by atoms with Gasteiger partial charge in [-0.25, -0.2) is 8.42 Å². The number of sulfonamides is 1. The Morgan fingerprint density at radius 1 is 1.32 bits per heavy atom. The summed E-state index contributed by atoms with van der Waals surface area (Å²) < 4.78 is 28.0. The van der Waals surface area contributed by atoms with Gasteiger partial charge in [-0.2, -0.15) is 4.31 Å². The van der Waals surface area contributed by atoms with Crippen LogP contribution >= 0.6 is 31.9 Å². The summed E-state index contributed by atoms with van der Waals surface area (Å²) in [5.41, 5.74) is 7.17. The van der Waals surface area contributed by atoms with Crippen LogP contribution in [0.15, 0.2) is 37.6 Å². The lowest BCUT2D eigenvalue weighted by atomic mass is 10.2. The number of nitrogens with zero attached hydrogens (tertiary/aromatic N) is 1. The first-order valence-electron chi connectivity index (χ1n) is 5.72. The molecule has 0 aliphatic carbocycles. The quantitative estimate of drug-likeness (QED) is 0.602. The first kappa shape index (κ1) is 15.0. The van der Waals surface area contributed by atoms with Crippen molar-refractivity contribution in [2.24, 2.45) is 0 Å². The first-order valence-corrected chi connectivity index (χ1v) is 8.75. The van der Waals surface area contributed by atoms with Gasteiger partial charge in [0.05, 0.1) is 5.69 Å². The summed E-state index contributed by atoms with van der Waals surface area (Å²) in [6, 6.07) is 3.29. The van der Waals surface area contributed by atoms with Crippen LogP contribution in [-0.4, -0.2) is 25.8 Å². The third-order valence-electron chi connectivity index (χ3n) is 2.93. The zero-order valence-corrected chi connectivity index (χ0v) is 14.3. The molecular formula is C12H14Br2N2O2S. The van der Waals surface area contributed by atoms with Crippen LogP contribution in [0.2, 0.25) is 0 Å². The van der Waals surface area contributed by atoms with E-state index in [4.69, 9.17) is 5.73 Å². The monoisotopic (exact) mass is 408 g/mol. The standard InChI is InChI=1S/C12H14Br2N2O2S/c1-8-3-2-4-16(7-8)19(17,18)12-10(14)5-9(13)6-11(12)15/h3,5-6H,2,4,7,15H2,1H3. The molecular weight excluding hydrogens is 396 g/mol. The number of benzene rings is 1. The highest BCUT2D eigenvalue weighted by atomic mass is 79.9. The van der Waals surface area contributed by atoms with Crippen molar-refractivity contribution >= 4 is 47.6 Å². The van der Waals surface area contributed by atoms with E-state index in [1.165, 1.54) is 4.31 Å². The topological polar surface area (TPSA) is 63.4 Å². The summed E-state index contributed by atoms with van der Waals surface area (Å²) in [7, 11) is -3.57. The van der Waals surface area contributed by atoms with Crippen molar-refractivity contribution in [1.29, 1.82) is 0 Å². The molecule has 0 saturated heterocycles. The van der Waals surface area contributed by atoms with Gasteiger partial charge in [-0.15, -0.1) is 0 Å². The van der Waals surface area contributed by atoms with E-state index >= 15 is 0 Å². The van der Waals surface area contributed by atoms with E-state index in [0.717, 1.165) is 16.5 Å². The van der Waals surface area contributed by atoms with Crippen LogP contribution in [0.3, 0.4) is 0 Å². The lowest BCUT2D eigenvalue weighted by Crippen LogP contribution is -2.36. The Morgan fingerprint density at radius 2 is 2.00 bits per heavy atom. The van der Waals surface area contributed by atoms with Gasteiger partial charge in [0.25, 0.3) is 0 Å². The summed E-state index contributed by atoms with van der Waals surface area (Å²) in [6.45, 7) is 2.84. The Labute approximate surface area is 130 Å². The van der Waals surface area contributed by atoms with Crippen LogP contribution < -0.4 is 5.73 Å². The fraction of sp³-hybridized carbons (Fsp3) is 0.333. The minimum Gasteiger partial charge on any atom is -0.398 e. The van der Waals surface area contributed by atoms with Gasteiger partial charge >= 0.3 is 0 Å². The highest BCUT2D eigenvalue weighted by Crippen LogP contribution is 2.34. The number of hydrogen-bond donors (Lipinski definition) is 1. The van der Waals surface area contributed by atoms with Crippen molar-refractivity contribution in [3.63, 3.8) is 0 Å². The maximum absolute atomic E-state index is 12.7. The van der Waals surface area contributed by atoms with Crippen LogP contribution in [0, 0.1) is 0 Å². The lowest BCUT2D eigenvalue weighted by molar-refractivity contribution is 0.428. The molecule has 1 heterocycles. The van der Waals surface area contributed by atoms with Gasteiger partial charge in [0.15, 0.2) is 0 Å². The molecule has 2 N–H and O–H groups in total. The van der Waals surface area contributed by atoms with Crippen LogP contribution in [0.5, 0.6) is 0 Å². The lowest BCUT2D eigenvalue weighted by Gasteiger charge is -2.26. The molecule has 0 spiro atoms. The molecule has 0 fully saturated rings. The number of nitrogen functional groups attached to an aromatic ring is 1. The highest BCUT2D eigenvalue weighted by Gasteiger charge is 2.30. The van der Waals surface area contributed by atoms with Crippen molar-refractivity contribution in [3.8, 4) is 0 Å². The van der Waals surface area contributed by atoms with Crippen LogP contribution in [0.4, 0.5) is 5.69 Å². The minimum absolute atomic E-state index is 0.144. The molecule has 4 nitrogen and oxygen atoms in total. The third-order valence-corrected chi connectivity index (χ3v) is 6.24. The maximum atomic E-state index is 12.7. The predicted molar refractivity (Wildman–Crippen MR) is 83.4 cm³/mol. The Hall–Kier alpha value is -0.370. The largest absolute Gasteiger partial charge is 0.398 e. The molecule has 0 aromatic heterocycles. The normalized spacial score (nSPS) is 17.3. The summed E-state index contributed by atoms with van der Waals surface area (Å²) in [5, 5.41) is 0. The number of rotatable bonds is 2. The van der Waals surface area contributed by atoms with Crippen molar-refractivity contribution in [1.82, 2.24) is 4.31 Å². The molecule has 0 radical (unpaired) electrons. The third kappa shape index (κ3) is 3.04. The first-order chi connectivity index (χ1) is 8.82. The SMILES string of the molecule is CC1=CCCN(S(=O)(=O)c2c(N)cc(Br)cc2Br)C1. The summed E-state index contributed by atoms with van der Waals surface area (Å²) in [4.78, 5) is 0.144. The zero-order chi connectivity index (χ0) is 14.2. The Kier molecular flexibility index (Phi) is 4.39. The Bertz CT molecular complexity index is 618. The summed E-state index contributed by atoms with van der Waals surface area (Å²) >= 11 is 6.58. The molecule has 1 aliphatic rings. The van der Waals surface area contributed by atoms with E-state index in [-0.39, 0.29) is 10.6 Å². The molecule has 2 rings (SSSR count). The molecule has 0 saturated carbocycles. The van der Waals surface area contributed by atoms with Gasteiger partial charge in [0, 0.05) is 22.0 Å². The molecule has 0 unspecified atom stereocenters. The smallest absolute Gasteiger partial charge is 0.246 e. The van der Waals surface area contributed by atoms with Crippen LogP contribution in [-0.2, 0) is 10.0 Å². The molecule has 1 aromatic rings. The number of nitrogens with two attached hydrogens (primary N) is 1. The van der Waals surface area contributed by atoms with Gasteiger partial charge in [-0.3, -0.25) is 0 Å². The molecule has 0 bridgehead atoms. The zero-order valence-electron chi connectivity index (χ0n) is 10.4. The van der Waals surface area contributed by atoms with E-state index in [9.17, 15) is 8.42 Å². The number of halogens is 2. The summed E-state index contributed by atoms with van der Waals surface area (Å²) in [5.74, 6) is 0. The van der Waals surface area contributed by atoms with Gasteiger partial charge in [0.2, 0.25) is 10.0 Å². The maximum Gasteiger partial charge on any atom is 0.246 e. The summed E-state index contributed by atoms with van der Waals surface area (Å²) in [6.07, 6.45) is 2.80. The van der Waals surface area contributed by atoms with Gasteiger partial charge in [-0.1, -0.05) is 27.6 Å². The molecule has 19 heavy (non-hydrogen) atoms. The van der Waals surface area contributed by atoms with E-state index < -0.39 is 10.0 Å². The average Bonchev–Trinajstić information content (AvgIpc) is 2.26. The van der Waals surface area contributed by atoms with Gasteiger partial charge in [0.1, 0.15) is 4.90 Å². The van der Waals surface area contributed by atoms with Crippen molar-refractivity contribution < 1.29 is 8.42 Å². The number of anilines is 1. The second-order valence-corrected chi connectivity index (χ2v) is 8.13. The molecule has 1 aromatic carbocycles. The molecule has 1 aliphatic heterocycles. The van der Waals surface area contributed by atoms with Crippen LogP contribution in [0.1, 0.15) is 13.3 Å². The van der Waals surface area contributed by atoms with E-state index in [0.29, 0.717) is 17.6 Å². The molecule has 7 heteroatoms. The average molecular weight is 410 g/mol. The second-order valence-electron chi connectivity index (χ2n) is 4.48. The van der Waals surface area contributed by atoms with Crippen molar-refractivity contribution in [3.05, 3.63) is 32.7 Å². The molecule has 0 atom stereocenters. The Balaban J connectivity index is 2.49. The van der Waals surface area contributed by atoms with E-state index in [2.05, 4.69) is 37.9 Å².